The number of piperazine rings is 1. The number of benzene rings is 2. The van der Waals surface area contributed by atoms with Crippen molar-refractivity contribution in [1.82, 2.24) is 38.6 Å². The summed E-state index contributed by atoms with van der Waals surface area (Å²) in [6.07, 6.45) is 3.79. The van der Waals surface area contributed by atoms with E-state index in [0.29, 0.717) is 16.9 Å². The monoisotopic (exact) mass is 741 g/mol. The summed E-state index contributed by atoms with van der Waals surface area (Å²) < 4.78 is 58.7. The van der Waals surface area contributed by atoms with E-state index in [1.807, 2.05) is 20.8 Å². The zero-order chi connectivity index (χ0) is 37.8. The van der Waals surface area contributed by atoms with Gasteiger partial charge in [-0.1, -0.05) is 19.9 Å². The zero-order valence-corrected chi connectivity index (χ0v) is 29.8. The number of halogens is 2. The molecule has 1 amide bonds. The molecule has 0 radical (unpaired) electrons. The van der Waals surface area contributed by atoms with Crippen molar-refractivity contribution < 1.29 is 27.1 Å². The van der Waals surface area contributed by atoms with Crippen LogP contribution in [-0.4, -0.2) is 83.7 Å². The topological polar surface area (TPSA) is 169 Å². The second-order valence-electron chi connectivity index (χ2n) is 13.0. The van der Waals surface area contributed by atoms with Crippen molar-refractivity contribution in [3.05, 3.63) is 112 Å². The summed E-state index contributed by atoms with van der Waals surface area (Å²) in [5.41, 5.74) is 0.195. The Labute approximate surface area is 302 Å². The van der Waals surface area contributed by atoms with Gasteiger partial charge in [0, 0.05) is 37.4 Å². The van der Waals surface area contributed by atoms with Gasteiger partial charge in [0.25, 0.3) is 15.9 Å². The molecule has 1 unspecified atom stereocenters. The molecule has 0 spiro atoms. The third kappa shape index (κ3) is 6.15. The zero-order valence-electron chi connectivity index (χ0n) is 29.0. The summed E-state index contributed by atoms with van der Waals surface area (Å²) in [6, 6.07) is 11.5. The van der Waals surface area contributed by atoms with E-state index in [2.05, 4.69) is 25.0 Å². The fourth-order valence-electron chi connectivity index (χ4n) is 6.57. The maximum atomic E-state index is 16.1. The Balaban J connectivity index is 1.28. The molecule has 1 aliphatic heterocycles. The van der Waals surface area contributed by atoms with E-state index in [4.69, 9.17) is 0 Å². The van der Waals surface area contributed by atoms with Gasteiger partial charge < -0.3 is 14.9 Å². The van der Waals surface area contributed by atoms with Gasteiger partial charge in [0.05, 0.1) is 27.2 Å². The van der Waals surface area contributed by atoms with Crippen molar-refractivity contribution in [2.24, 2.45) is 0 Å². The van der Waals surface area contributed by atoms with Crippen LogP contribution in [-0.2, 0) is 10.0 Å². The molecule has 4 aromatic heterocycles. The maximum absolute atomic E-state index is 16.1. The third-order valence-electron chi connectivity index (χ3n) is 9.18. The number of rotatable bonds is 7. The molecule has 7 rings (SSSR count). The summed E-state index contributed by atoms with van der Waals surface area (Å²) in [4.78, 5) is 48.2. The van der Waals surface area contributed by atoms with Crippen LogP contribution in [0.5, 0.6) is 5.75 Å². The molecule has 272 valence electrons. The summed E-state index contributed by atoms with van der Waals surface area (Å²) in [7, 11) is -3.98. The number of aryl methyl sites for hydroxylation is 1. The number of aromatic nitrogens is 7. The number of aromatic hydroxyl groups is 1. The Kier molecular flexibility index (Phi) is 8.97. The summed E-state index contributed by atoms with van der Waals surface area (Å²) in [5, 5.41) is 14.4. The van der Waals surface area contributed by atoms with Crippen molar-refractivity contribution in [3.8, 4) is 22.7 Å². The minimum Gasteiger partial charge on any atom is -0.507 e. The van der Waals surface area contributed by atoms with E-state index < -0.39 is 50.4 Å². The van der Waals surface area contributed by atoms with Gasteiger partial charge in [-0.25, -0.2) is 28.1 Å². The van der Waals surface area contributed by atoms with Gasteiger partial charge in [-0.15, -0.1) is 9.19 Å². The Morgan fingerprint density at radius 2 is 1.77 bits per heavy atom. The SMILES string of the molecule is Cc1ccnc(C(C)C)c1-n1c(=O)nc(N2CCN(C(=O)c3ccc(S(=O)(=O)n4cncn4)cc3)CC2C)c2cc(F)c(-c3c(O)cccc3F)nc21. The van der Waals surface area contributed by atoms with Crippen molar-refractivity contribution >= 4 is 32.8 Å². The van der Waals surface area contributed by atoms with E-state index in [1.54, 1.807) is 29.0 Å². The minimum absolute atomic E-state index is 0.0244. The standard InChI is InChI=1S/C36H33F2N9O5S/c1-20(2)30-32(21(3)12-13-40-30)47-34-25(16-27(38)31(42-34)29-26(37)6-5-7-28(29)48)33(43-36(47)50)45-15-14-44(17-22(45)4)35(49)23-8-10-24(11-9-23)53(51,52)46-19-39-18-41-46/h5-13,16,18-20,22,48H,14-15,17H2,1-4H3. The highest BCUT2D eigenvalue weighted by atomic mass is 32.2. The number of hydrogen-bond donors (Lipinski definition) is 1. The number of phenolic OH excluding ortho intramolecular Hbond substituents is 1. The van der Waals surface area contributed by atoms with Crippen LogP contribution < -0.4 is 10.6 Å². The fourth-order valence-corrected chi connectivity index (χ4v) is 7.61. The summed E-state index contributed by atoms with van der Waals surface area (Å²) >= 11 is 0. The fraction of sp³-hybridized carbons (Fsp3) is 0.250. The van der Waals surface area contributed by atoms with Crippen molar-refractivity contribution in [2.75, 3.05) is 24.5 Å². The van der Waals surface area contributed by atoms with Crippen LogP contribution >= 0.6 is 0 Å². The highest BCUT2D eigenvalue weighted by Gasteiger charge is 2.32. The maximum Gasteiger partial charge on any atom is 0.355 e. The Morgan fingerprint density at radius 3 is 2.43 bits per heavy atom. The largest absolute Gasteiger partial charge is 0.507 e. The van der Waals surface area contributed by atoms with E-state index in [-0.39, 0.29) is 58.8 Å². The van der Waals surface area contributed by atoms with E-state index in [0.717, 1.165) is 28.9 Å². The predicted octanol–water partition coefficient (Wildman–Crippen LogP) is 4.44. The number of hydrogen-bond acceptors (Lipinski definition) is 11. The first kappa shape index (κ1) is 35.3. The summed E-state index contributed by atoms with van der Waals surface area (Å²) in [6.45, 7) is 8.00. The molecule has 2 aromatic carbocycles. The lowest BCUT2D eigenvalue weighted by atomic mass is 10.0. The van der Waals surface area contributed by atoms with E-state index in [1.165, 1.54) is 41.0 Å². The average molecular weight is 742 g/mol. The van der Waals surface area contributed by atoms with Crippen molar-refractivity contribution in [2.45, 2.75) is 44.6 Å². The van der Waals surface area contributed by atoms with Crippen LogP contribution in [0.2, 0.25) is 0 Å². The molecular weight excluding hydrogens is 709 g/mol. The van der Waals surface area contributed by atoms with Crippen molar-refractivity contribution in [1.29, 1.82) is 0 Å². The molecule has 1 aliphatic rings. The van der Waals surface area contributed by atoms with Crippen LogP contribution in [0.15, 0.2) is 83.1 Å². The molecule has 17 heteroatoms. The number of pyridine rings is 2. The molecular formula is C36H33F2N9O5S. The highest BCUT2D eigenvalue weighted by Crippen LogP contribution is 2.37. The van der Waals surface area contributed by atoms with Crippen molar-refractivity contribution in [3.63, 3.8) is 0 Å². The van der Waals surface area contributed by atoms with Crippen LogP contribution in [0.25, 0.3) is 28.0 Å². The molecule has 0 saturated carbocycles. The Morgan fingerprint density at radius 1 is 1.02 bits per heavy atom. The van der Waals surface area contributed by atoms with Gasteiger partial charge in [-0.3, -0.25) is 9.78 Å². The molecule has 5 heterocycles. The number of phenols is 1. The van der Waals surface area contributed by atoms with Crippen LogP contribution in [0.1, 0.15) is 48.3 Å². The molecule has 6 aromatic rings. The lowest BCUT2D eigenvalue weighted by Gasteiger charge is -2.41. The minimum atomic E-state index is -3.98. The molecule has 53 heavy (non-hydrogen) atoms. The molecule has 1 fully saturated rings. The number of amides is 1. The van der Waals surface area contributed by atoms with Gasteiger partial charge in [-0.2, -0.15) is 13.4 Å². The first-order valence-electron chi connectivity index (χ1n) is 16.6. The Hall–Kier alpha value is -6.10. The van der Waals surface area contributed by atoms with Gasteiger partial charge in [-0.05, 0) is 73.9 Å². The van der Waals surface area contributed by atoms with Crippen LogP contribution in [0.3, 0.4) is 0 Å². The molecule has 1 saturated heterocycles. The first-order chi connectivity index (χ1) is 25.3. The number of fused-ring (bicyclic) bond motifs is 1. The number of anilines is 1. The van der Waals surface area contributed by atoms with Crippen LogP contribution in [0, 0.1) is 18.6 Å². The summed E-state index contributed by atoms with van der Waals surface area (Å²) in [5.74, 6) is -2.74. The molecule has 1 N–H and O–H groups in total. The highest BCUT2D eigenvalue weighted by molar-refractivity contribution is 7.89. The molecule has 1 atom stereocenters. The normalized spacial score (nSPS) is 15.0. The third-order valence-corrected chi connectivity index (χ3v) is 10.7. The lowest BCUT2D eigenvalue weighted by molar-refractivity contribution is 0.0726. The number of nitrogens with zero attached hydrogens (tertiary/aromatic N) is 9. The number of carbonyl (C=O) groups is 1. The molecule has 14 nitrogen and oxygen atoms in total. The quantitative estimate of drug-likeness (QED) is 0.246. The van der Waals surface area contributed by atoms with Gasteiger partial charge in [0.15, 0.2) is 11.5 Å². The average Bonchev–Trinajstić information content (AvgIpc) is 3.68. The van der Waals surface area contributed by atoms with Gasteiger partial charge >= 0.3 is 5.69 Å². The number of carbonyl (C=O) groups excluding carboxylic acids is 1. The molecule has 0 aliphatic carbocycles. The van der Waals surface area contributed by atoms with Crippen LogP contribution in [0.4, 0.5) is 14.6 Å². The van der Waals surface area contributed by atoms with E-state index in [9.17, 15) is 23.1 Å². The van der Waals surface area contributed by atoms with E-state index >= 15 is 8.78 Å². The lowest BCUT2D eigenvalue weighted by Crippen LogP contribution is -2.54. The second-order valence-corrected chi connectivity index (χ2v) is 14.8. The Bertz CT molecular complexity index is 2540. The molecule has 0 bridgehead atoms. The van der Waals surface area contributed by atoms with Gasteiger partial charge in [0.2, 0.25) is 0 Å². The second kappa shape index (κ2) is 13.5. The predicted molar refractivity (Wildman–Crippen MR) is 191 cm³/mol. The first-order valence-corrected chi connectivity index (χ1v) is 18.0. The smallest absolute Gasteiger partial charge is 0.355 e. The van der Waals surface area contributed by atoms with Gasteiger partial charge in [0.1, 0.15) is 35.7 Å².